The maximum atomic E-state index is 9.92. The first-order valence-electron chi connectivity index (χ1n) is 6.62. The van der Waals surface area contributed by atoms with Crippen molar-refractivity contribution >= 4 is 0 Å². The Kier molecular flexibility index (Phi) is 5.97. The molecule has 0 bridgehead atoms. The number of β-amino-alcohol motifs (C(OH)–C–C–N with tert-alkyl or cyclic N) is 1. The van der Waals surface area contributed by atoms with Crippen LogP contribution in [-0.2, 0) is 4.74 Å². The van der Waals surface area contributed by atoms with Crippen LogP contribution in [0.2, 0.25) is 0 Å². The van der Waals surface area contributed by atoms with E-state index in [2.05, 4.69) is 10.8 Å². The lowest BCUT2D eigenvalue weighted by molar-refractivity contribution is -0.0481. The first-order valence-corrected chi connectivity index (χ1v) is 6.62. The van der Waals surface area contributed by atoms with Crippen LogP contribution in [0.4, 0.5) is 0 Å². The van der Waals surface area contributed by atoms with Crippen LogP contribution in [0, 0.1) is 12.3 Å². The standard InChI is InChI=1S/C14H25NO2/c1-4-14(3,5-2)17-12-13(16)11-15-9-7-6-8-10-15/h1,13,16H,5-12H2,2-3H3/t13-,14-/m0/s1. The van der Waals surface area contributed by atoms with Gasteiger partial charge in [0, 0.05) is 6.54 Å². The molecule has 0 aromatic heterocycles. The minimum atomic E-state index is -0.539. The van der Waals surface area contributed by atoms with E-state index in [-0.39, 0.29) is 0 Å². The third-order valence-electron chi connectivity index (χ3n) is 3.49. The first kappa shape index (κ1) is 14.5. The zero-order valence-electron chi connectivity index (χ0n) is 11.1. The predicted molar refractivity (Wildman–Crippen MR) is 69.8 cm³/mol. The van der Waals surface area contributed by atoms with Crippen LogP contribution in [0.25, 0.3) is 0 Å². The summed E-state index contributed by atoms with van der Waals surface area (Å²) in [5.41, 5.74) is -0.539. The van der Waals surface area contributed by atoms with Gasteiger partial charge in [-0.1, -0.05) is 19.3 Å². The average molecular weight is 239 g/mol. The number of aliphatic hydroxyl groups excluding tert-OH is 1. The Labute approximate surface area is 105 Å². The van der Waals surface area contributed by atoms with Crippen molar-refractivity contribution in [3.05, 3.63) is 0 Å². The molecule has 2 atom stereocenters. The first-order chi connectivity index (χ1) is 8.09. The summed E-state index contributed by atoms with van der Waals surface area (Å²) in [5, 5.41) is 9.92. The predicted octanol–water partition coefficient (Wildman–Crippen LogP) is 1.65. The lowest BCUT2D eigenvalue weighted by Gasteiger charge is -2.30. The minimum absolute atomic E-state index is 0.324. The number of hydrogen-bond acceptors (Lipinski definition) is 3. The molecule has 1 rings (SSSR count). The number of likely N-dealkylation sites (tertiary alicyclic amines) is 1. The van der Waals surface area contributed by atoms with Gasteiger partial charge in [0.25, 0.3) is 0 Å². The SMILES string of the molecule is C#C[C@@](C)(CC)OC[C@@H](O)CN1CCCCC1. The lowest BCUT2D eigenvalue weighted by Crippen LogP contribution is -2.40. The largest absolute Gasteiger partial charge is 0.389 e. The van der Waals surface area contributed by atoms with Gasteiger partial charge >= 0.3 is 0 Å². The molecule has 0 saturated carbocycles. The molecule has 1 saturated heterocycles. The van der Waals surface area contributed by atoms with Crippen LogP contribution in [0.1, 0.15) is 39.5 Å². The van der Waals surface area contributed by atoms with E-state index < -0.39 is 11.7 Å². The van der Waals surface area contributed by atoms with Gasteiger partial charge in [-0.15, -0.1) is 6.42 Å². The molecule has 1 aliphatic rings. The van der Waals surface area contributed by atoms with Crippen molar-refractivity contribution < 1.29 is 9.84 Å². The highest BCUT2D eigenvalue weighted by Crippen LogP contribution is 2.14. The molecule has 1 N–H and O–H groups in total. The van der Waals surface area contributed by atoms with E-state index in [1.807, 2.05) is 13.8 Å². The van der Waals surface area contributed by atoms with Crippen molar-refractivity contribution in [1.29, 1.82) is 0 Å². The van der Waals surface area contributed by atoms with Gasteiger partial charge < -0.3 is 14.7 Å². The number of aliphatic hydroxyl groups is 1. The molecule has 0 aromatic carbocycles. The van der Waals surface area contributed by atoms with Crippen LogP contribution >= 0.6 is 0 Å². The fourth-order valence-electron chi connectivity index (χ4n) is 2.02. The van der Waals surface area contributed by atoms with Crippen molar-refractivity contribution in [3.63, 3.8) is 0 Å². The Balaban J connectivity index is 2.24. The highest BCUT2D eigenvalue weighted by Gasteiger charge is 2.22. The van der Waals surface area contributed by atoms with Crippen LogP contribution in [0.15, 0.2) is 0 Å². The molecule has 17 heavy (non-hydrogen) atoms. The summed E-state index contributed by atoms with van der Waals surface area (Å²) in [5.74, 6) is 2.64. The van der Waals surface area contributed by atoms with Gasteiger partial charge in [-0.25, -0.2) is 0 Å². The Morgan fingerprint density at radius 2 is 2.06 bits per heavy atom. The van der Waals surface area contributed by atoms with Crippen LogP contribution < -0.4 is 0 Å². The molecule has 1 fully saturated rings. The fourth-order valence-corrected chi connectivity index (χ4v) is 2.02. The molecule has 3 heteroatoms. The molecule has 0 radical (unpaired) electrons. The number of ether oxygens (including phenoxy) is 1. The van der Waals surface area contributed by atoms with E-state index >= 15 is 0 Å². The highest BCUT2D eigenvalue weighted by molar-refractivity contribution is 5.05. The number of hydrogen-bond donors (Lipinski definition) is 1. The van der Waals surface area contributed by atoms with Crippen LogP contribution in [0.3, 0.4) is 0 Å². The smallest absolute Gasteiger partial charge is 0.125 e. The molecule has 0 unspecified atom stereocenters. The molecule has 0 aliphatic carbocycles. The van der Waals surface area contributed by atoms with Crippen LogP contribution in [0.5, 0.6) is 0 Å². The second kappa shape index (κ2) is 7.00. The van der Waals surface area contributed by atoms with Gasteiger partial charge in [0.1, 0.15) is 5.60 Å². The quantitative estimate of drug-likeness (QED) is 0.715. The van der Waals surface area contributed by atoms with Crippen LogP contribution in [-0.4, -0.2) is 48.0 Å². The molecule has 98 valence electrons. The number of nitrogens with zero attached hydrogens (tertiary/aromatic N) is 1. The summed E-state index contributed by atoms with van der Waals surface area (Å²) in [4.78, 5) is 2.30. The zero-order valence-corrected chi connectivity index (χ0v) is 11.1. The van der Waals surface area contributed by atoms with Crippen molar-refractivity contribution in [3.8, 4) is 12.3 Å². The summed E-state index contributed by atoms with van der Waals surface area (Å²) in [6.45, 7) is 7.10. The van der Waals surface area contributed by atoms with Crippen molar-refractivity contribution in [2.75, 3.05) is 26.2 Å². The van der Waals surface area contributed by atoms with E-state index in [1.165, 1.54) is 19.3 Å². The van der Waals surface area contributed by atoms with Gasteiger partial charge in [0.05, 0.1) is 12.7 Å². The van der Waals surface area contributed by atoms with E-state index in [4.69, 9.17) is 11.2 Å². The monoisotopic (exact) mass is 239 g/mol. The van der Waals surface area contributed by atoms with Gasteiger partial charge in [-0.05, 0) is 39.3 Å². The lowest BCUT2D eigenvalue weighted by atomic mass is 10.1. The van der Waals surface area contributed by atoms with Gasteiger partial charge in [-0.2, -0.15) is 0 Å². The Bertz CT molecular complexity index is 255. The van der Waals surface area contributed by atoms with Crippen molar-refractivity contribution in [1.82, 2.24) is 4.90 Å². The maximum absolute atomic E-state index is 9.92. The third kappa shape index (κ3) is 5.08. The molecular formula is C14H25NO2. The normalized spacial score (nSPS) is 22.7. The Hall–Kier alpha value is -0.560. The minimum Gasteiger partial charge on any atom is -0.389 e. The highest BCUT2D eigenvalue weighted by atomic mass is 16.5. The Morgan fingerprint density at radius 3 is 2.59 bits per heavy atom. The number of piperidine rings is 1. The summed E-state index contributed by atoms with van der Waals surface area (Å²) >= 11 is 0. The van der Waals surface area contributed by atoms with Crippen molar-refractivity contribution in [2.24, 2.45) is 0 Å². The van der Waals surface area contributed by atoms with Gasteiger partial charge in [0.2, 0.25) is 0 Å². The fraction of sp³-hybridized carbons (Fsp3) is 0.857. The van der Waals surface area contributed by atoms with E-state index in [1.54, 1.807) is 0 Å². The summed E-state index contributed by atoms with van der Waals surface area (Å²) in [6, 6.07) is 0. The van der Waals surface area contributed by atoms with E-state index in [0.717, 1.165) is 19.5 Å². The average Bonchev–Trinajstić information content (AvgIpc) is 2.37. The molecule has 0 amide bonds. The number of terminal acetylenes is 1. The topological polar surface area (TPSA) is 32.7 Å². The van der Waals surface area contributed by atoms with E-state index in [9.17, 15) is 5.11 Å². The van der Waals surface area contributed by atoms with Gasteiger partial charge in [-0.3, -0.25) is 0 Å². The maximum Gasteiger partial charge on any atom is 0.125 e. The third-order valence-corrected chi connectivity index (χ3v) is 3.49. The van der Waals surface area contributed by atoms with Crippen molar-refractivity contribution in [2.45, 2.75) is 51.2 Å². The molecule has 3 nitrogen and oxygen atoms in total. The summed E-state index contributed by atoms with van der Waals surface area (Å²) < 4.78 is 5.62. The zero-order chi connectivity index (χ0) is 12.7. The second-order valence-electron chi connectivity index (χ2n) is 5.05. The second-order valence-corrected chi connectivity index (χ2v) is 5.05. The molecule has 0 aromatic rings. The molecule has 1 aliphatic heterocycles. The van der Waals surface area contributed by atoms with E-state index in [0.29, 0.717) is 13.2 Å². The van der Waals surface area contributed by atoms with Gasteiger partial charge in [0.15, 0.2) is 0 Å². The number of rotatable bonds is 6. The summed E-state index contributed by atoms with van der Waals surface area (Å²) in [6.07, 6.45) is 9.54. The molecule has 1 heterocycles. The Morgan fingerprint density at radius 1 is 1.41 bits per heavy atom. The molecular weight excluding hydrogens is 214 g/mol. The summed E-state index contributed by atoms with van der Waals surface area (Å²) in [7, 11) is 0. The molecule has 0 spiro atoms.